The van der Waals surface area contributed by atoms with Crippen LogP contribution in [-0.4, -0.2) is 35.6 Å². The molecule has 0 amide bonds. The number of nitriles is 1. The smallest absolute Gasteiger partial charge is 0.144 e. The molecule has 20 heavy (non-hydrogen) atoms. The molecule has 1 aromatic rings. The van der Waals surface area contributed by atoms with Gasteiger partial charge in [-0.3, -0.25) is 0 Å². The Hall–Kier alpha value is -1.60. The van der Waals surface area contributed by atoms with Crippen LogP contribution >= 0.6 is 0 Å². The highest BCUT2D eigenvalue weighted by Crippen LogP contribution is 2.31. The van der Waals surface area contributed by atoms with E-state index in [9.17, 15) is 5.26 Å². The molecular weight excluding hydrogens is 248 g/mol. The monoisotopic (exact) mass is 268 g/mol. The summed E-state index contributed by atoms with van der Waals surface area (Å²) in [7, 11) is 0. The number of nitrogens with one attached hydrogen (secondary N) is 1. The summed E-state index contributed by atoms with van der Waals surface area (Å²) in [5, 5.41) is 13.0. The van der Waals surface area contributed by atoms with Crippen molar-refractivity contribution in [1.29, 1.82) is 5.26 Å². The summed E-state index contributed by atoms with van der Waals surface area (Å²) < 4.78 is 0. The van der Waals surface area contributed by atoms with Gasteiger partial charge in [0.05, 0.1) is 5.56 Å². The molecule has 0 radical (unpaired) electrons. The summed E-state index contributed by atoms with van der Waals surface area (Å²) >= 11 is 0. The van der Waals surface area contributed by atoms with Crippen molar-refractivity contribution >= 4 is 5.82 Å². The number of piperidine rings is 3. The minimum Gasteiger partial charge on any atom is -0.365 e. The van der Waals surface area contributed by atoms with Crippen LogP contribution in [0.5, 0.6) is 0 Å². The van der Waals surface area contributed by atoms with Gasteiger partial charge in [0.15, 0.2) is 0 Å². The molecule has 4 aliphatic rings. The Morgan fingerprint density at radius 3 is 2.85 bits per heavy atom. The van der Waals surface area contributed by atoms with Gasteiger partial charge < -0.3 is 10.2 Å². The van der Waals surface area contributed by atoms with Crippen molar-refractivity contribution in [1.82, 2.24) is 9.88 Å². The normalized spacial score (nSPS) is 30.9. The van der Waals surface area contributed by atoms with Crippen LogP contribution < -0.4 is 5.32 Å². The summed E-state index contributed by atoms with van der Waals surface area (Å²) in [6.45, 7) is 3.59. The number of hydrogen-bond donors (Lipinski definition) is 1. The van der Waals surface area contributed by atoms with Crippen molar-refractivity contribution in [2.45, 2.75) is 38.1 Å². The van der Waals surface area contributed by atoms with Crippen molar-refractivity contribution in [3.05, 3.63) is 22.9 Å². The quantitative estimate of drug-likeness (QED) is 0.890. The molecule has 1 atom stereocenters. The third-order valence-corrected chi connectivity index (χ3v) is 5.15. The molecule has 0 saturated carbocycles. The zero-order valence-electron chi connectivity index (χ0n) is 11.7. The van der Waals surface area contributed by atoms with Crippen molar-refractivity contribution < 1.29 is 0 Å². The Kier molecular flexibility index (Phi) is 2.89. The predicted octanol–water partition coefficient (Wildman–Crippen LogP) is 1.95. The summed E-state index contributed by atoms with van der Waals surface area (Å²) in [4.78, 5) is 7.27. The summed E-state index contributed by atoms with van der Waals surface area (Å²) in [6.07, 6.45) is 5.89. The number of aryl methyl sites for hydroxylation is 2. The maximum Gasteiger partial charge on any atom is 0.144 e. The van der Waals surface area contributed by atoms with E-state index < -0.39 is 0 Å². The van der Waals surface area contributed by atoms with Crippen LogP contribution in [0, 0.1) is 17.2 Å². The first kappa shape index (κ1) is 12.2. The van der Waals surface area contributed by atoms with E-state index in [4.69, 9.17) is 4.98 Å². The summed E-state index contributed by atoms with van der Waals surface area (Å²) in [5.41, 5.74) is 3.20. The minimum atomic E-state index is 0.469. The number of anilines is 1. The first-order valence-electron chi connectivity index (χ1n) is 7.75. The first-order valence-corrected chi connectivity index (χ1v) is 7.75. The standard InChI is InChI=1S/C16H20N4/c17-9-13-8-12-2-1-3-14(12)18-16(13)19-15-10-20-6-4-11(15)5-7-20/h8,11,15H,1-7,10H2,(H,18,19). The maximum absolute atomic E-state index is 9.37. The molecule has 4 heterocycles. The van der Waals surface area contributed by atoms with Crippen molar-refractivity contribution in [3.8, 4) is 6.07 Å². The zero-order valence-corrected chi connectivity index (χ0v) is 11.7. The maximum atomic E-state index is 9.37. The average Bonchev–Trinajstić information content (AvgIpc) is 2.95. The Morgan fingerprint density at radius 1 is 1.30 bits per heavy atom. The van der Waals surface area contributed by atoms with Crippen molar-refractivity contribution in [2.75, 3.05) is 25.0 Å². The van der Waals surface area contributed by atoms with E-state index in [1.54, 1.807) is 0 Å². The molecule has 2 bridgehead atoms. The predicted molar refractivity (Wildman–Crippen MR) is 77.6 cm³/mol. The van der Waals surface area contributed by atoms with Gasteiger partial charge in [-0.05, 0) is 62.7 Å². The molecule has 3 aliphatic heterocycles. The van der Waals surface area contributed by atoms with Gasteiger partial charge in [-0.2, -0.15) is 5.26 Å². The van der Waals surface area contributed by atoms with E-state index in [1.165, 1.54) is 43.6 Å². The fourth-order valence-corrected chi connectivity index (χ4v) is 3.97. The molecule has 1 aliphatic carbocycles. The second-order valence-corrected chi connectivity index (χ2v) is 6.34. The molecule has 5 rings (SSSR count). The number of aromatic nitrogens is 1. The van der Waals surface area contributed by atoms with Crippen LogP contribution in [0.3, 0.4) is 0 Å². The van der Waals surface area contributed by atoms with E-state index >= 15 is 0 Å². The zero-order chi connectivity index (χ0) is 13.5. The largest absolute Gasteiger partial charge is 0.365 e. The van der Waals surface area contributed by atoms with Gasteiger partial charge in [-0.25, -0.2) is 4.98 Å². The number of pyridine rings is 1. The molecule has 4 heteroatoms. The third-order valence-electron chi connectivity index (χ3n) is 5.15. The molecule has 3 saturated heterocycles. The van der Waals surface area contributed by atoms with Crippen molar-refractivity contribution in [3.63, 3.8) is 0 Å². The SMILES string of the molecule is N#Cc1cc2c(nc1NC1CN3CCC1CC3)CCC2. The minimum absolute atomic E-state index is 0.469. The van der Waals surface area contributed by atoms with Crippen LogP contribution in [0.25, 0.3) is 0 Å². The number of hydrogen-bond acceptors (Lipinski definition) is 4. The van der Waals surface area contributed by atoms with Gasteiger partial charge in [0.25, 0.3) is 0 Å². The average molecular weight is 268 g/mol. The summed E-state index contributed by atoms with van der Waals surface area (Å²) in [5.74, 6) is 1.58. The highest BCUT2D eigenvalue weighted by Gasteiger charge is 2.34. The molecule has 0 spiro atoms. The number of fused-ring (bicyclic) bond motifs is 4. The van der Waals surface area contributed by atoms with E-state index in [0.29, 0.717) is 6.04 Å². The number of nitrogens with zero attached hydrogens (tertiary/aromatic N) is 3. The Labute approximate surface area is 119 Å². The van der Waals surface area contributed by atoms with Gasteiger partial charge in [-0.1, -0.05) is 0 Å². The molecule has 104 valence electrons. The van der Waals surface area contributed by atoms with Crippen molar-refractivity contribution in [2.24, 2.45) is 5.92 Å². The lowest BCUT2D eigenvalue weighted by molar-refractivity contribution is 0.0973. The lowest BCUT2D eigenvalue weighted by atomic mass is 9.84. The fourth-order valence-electron chi connectivity index (χ4n) is 3.97. The van der Waals surface area contributed by atoms with E-state index in [2.05, 4.69) is 22.4 Å². The van der Waals surface area contributed by atoms with Gasteiger partial charge in [0.2, 0.25) is 0 Å². The first-order chi connectivity index (χ1) is 9.83. The van der Waals surface area contributed by atoms with E-state index in [-0.39, 0.29) is 0 Å². The van der Waals surface area contributed by atoms with Crippen LogP contribution in [0.1, 0.15) is 36.1 Å². The van der Waals surface area contributed by atoms with Crippen LogP contribution in [0.4, 0.5) is 5.82 Å². The molecular formula is C16H20N4. The highest BCUT2D eigenvalue weighted by atomic mass is 15.2. The lowest BCUT2D eigenvalue weighted by Crippen LogP contribution is -2.53. The van der Waals surface area contributed by atoms with Crippen LogP contribution in [0.2, 0.25) is 0 Å². The highest BCUT2D eigenvalue weighted by molar-refractivity contribution is 5.55. The molecule has 1 N–H and O–H groups in total. The topological polar surface area (TPSA) is 52.0 Å². The fraction of sp³-hybridized carbons (Fsp3) is 0.625. The van der Waals surface area contributed by atoms with Gasteiger partial charge in [-0.15, -0.1) is 0 Å². The Morgan fingerprint density at radius 2 is 2.15 bits per heavy atom. The summed E-state index contributed by atoms with van der Waals surface area (Å²) in [6, 6.07) is 4.84. The van der Waals surface area contributed by atoms with Gasteiger partial charge in [0.1, 0.15) is 11.9 Å². The third kappa shape index (κ3) is 1.97. The Balaban J connectivity index is 1.61. The van der Waals surface area contributed by atoms with Gasteiger partial charge >= 0.3 is 0 Å². The second-order valence-electron chi connectivity index (χ2n) is 6.34. The number of rotatable bonds is 2. The Bertz CT molecular complexity index is 567. The molecule has 1 unspecified atom stereocenters. The lowest BCUT2D eigenvalue weighted by Gasteiger charge is -2.45. The van der Waals surface area contributed by atoms with E-state index in [0.717, 1.165) is 36.7 Å². The van der Waals surface area contributed by atoms with Crippen LogP contribution in [0.15, 0.2) is 6.07 Å². The molecule has 4 nitrogen and oxygen atoms in total. The molecule has 1 aromatic heterocycles. The van der Waals surface area contributed by atoms with E-state index in [1.807, 2.05) is 0 Å². The van der Waals surface area contributed by atoms with Crippen LogP contribution in [-0.2, 0) is 12.8 Å². The van der Waals surface area contributed by atoms with Gasteiger partial charge in [0, 0.05) is 18.3 Å². The second kappa shape index (κ2) is 4.75. The molecule has 3 fully saturated rings. The molecule has 0 aromatic carbocycles.